The molecule has 5 N–H and O–H groups in total. The first-order valence-corrected chi connectivity index (χ1v) is 7.25. The number of aliphatic hydroxyl groups is 2. The van der Waals surface area contributed by atoms with Gasteiger partial charge in [-0.3, -0.25) is 18.9 Å². The number of hydrogen-bond donors (Lipinski definition) is 5. The molecule has 2 rings (SSSR count). The highest BCUT2D eigenvalue weighted by Crippen LogP contribution is 2.38. The first-order valence-electron chi connectivity index (χ1n) is 5.72. The van der Waals surface area contributed by atoms with Crippen molar-refractivity contribution in [1.82, 2.24) is 9.55 Å². The third-order valence-electron chi connectivity index (χ3n) is 2.87. The standard InChI is InChI=1S/C9H13N2O9P/c12-5-1-2-11(9(15)10-5)8-7(14)6(13)4(20-8)3-19-21(16,17)18/h1-2,4,6-8,13-14H,3H2,(H,10,12,15)(H2,16,17,18)/t4-,6-,7+,8-/m1/s1/i10+1,11+1. The summed E-state index contributed by atoms with van der Waals surface area (Å²) in [6, 6.07) is 1.02. The molecule has 0 amide bonds. The number of phosphoric ester groups is 1. The topological polar surface area (TPSA) is 171 Å². The Balaban J connectivity index is 2.18. The SMILES string of the molecule is O=c1cc[15n]([C@@H]2O[C@H](COP(=O)(O)O)[C@@H](O)[C@@H]2O)c(=O)[15nH]1. The normalized spacial score (nSPS) is 29.7. The van der Waals surface area contributed by atoms with E-state index in [0.717, 1.165) is 16.8 Å². The van der Waals surface area contributed by atoms with Gasteiger partial charge >= 0.3 is 13.5 Å². The molecular weight excluding hydrogens is 313 g/mol. The van der Waals surface area contributed by atoms with Crippen LogP contribution < -0.4 is 11.2 Å². The molecule has 1 aliphatic heterocycles. The molecule has 0 saturated carbocycles. The lowest BCUT2D eigenvalue weighted by Gasteiger charge is -2.16. The number of nitrogens with one attached hydrogen (secondary N) is 1. The number of phosphoric acid groups is 1. The van der Waals surface area contributed by atoms with Crippen molar-refractivity contribution < 1.29 is 33.8 Å². The lowest BCUT2D eigenvalue weighted by atomic mass is 10.1. The van der Waals surface area contributed by atoms with Crippen LogP contribution >= 0.6 is 7.82 Å². The Labute approximate surface area is 116 Å². The van der Waals surface area contributed by atoms with Crippen molar-refractivity contribution in [3.05, 3.63) is 33.1 Å². The first kappa shape index (κ1) is 16.0. The van der Waals surface area contributed by atoms with Crippen LogP contribution in [0, 0.1) is 0 Å². The quantitative estimate of drug-likeness (QED) is 0.368. The molecule has 12 heteroatoms. The monoisotopic (exact) mass is 326 g/mol. The summed E-state index contributed by atoms with van der Waals surface area (Å²) < 4.78 is 20.8. The van der Waals surface area contributed by atoms with Gasteiger partial charge < -0.3 is 24.7 Å². The van der Waals surface area contributed by atoms with Crippen molar-refractivity contribution in [3.8, 4) is 0 Å². The van der Waals surface area contributed by atoms with E-state index in [2.05, 4.69) is 4.52 Å². The molecule has 0 unspecified atom stereocenters. The van der Waals surface area contributed by atoms with Crippen LogP contribution in [0.1, 0.15) is 6.23 Å². The second-order valence-corrected chi connectivity index (χ2v) is 5.59. The Hall–Kier alpha value is -1.33. The minimum atomic E-state index is -4.76. The maximum atomic E-state index is 11.6. The van der Waals surface area contributed by atoms with Crippen molar-refractivity contribution in [1.29, 1.82) is 0 Å². The predicted octanol–water partition coefficient (Wildman–Crippen LogP) is -2.73. The zero-order valence-corrected chi connectivity index (χ0v) is 11.3. The molecular formula is C9H13N2O9P. The van der Waals surface area contributed by atoms with Gasteiger partial charge in [-0.15, -0.1) is 0 Å². The summed E-state index contributed by atoms with van der Waals surface area (Å²) in [6.07, 6.45) is -4.58. The fraction of sp³-hybridized carbons (Fsp3) is 0.556. The van der Waals surface area contributed by atoms with Crippen molar-refractivity contribution in [2.75, 3.05) is 6.61 Å². The fourth-order valence-electron chi connectivity index (χ4n) is 1.89. The second-order valence-electron chi connectivity index (χ2n) is 4.35. The van der Waals surface area contributed by atoms with Crippen LogP contribution in [-0.4, -0.2) is 54.5 Å². The summed E-state index contributed by atoms with van der Waals surface area (Å²) in [6.45, 7) is -0.683. The molecule has 1 fully saturated rings. The summed E-state index contributed by atoms with van der Waals surface area (Å²) in [7, 11) is -4.76. The van der Waals surface area contributed by atoms with Gasteiger partial charge in [0.1, 0.15) is 18.3 Å². The number of aromatic amines is 1. The number of ether oxygens (including phenoxy) is 1. The van der Waals surface area contributed by atoms with Crippen LogP contribution in [0.3, 0.4) is 0 Å². The molecule has 118 valence electrons. The van der Waals surface area contributed by atoms with Gasteiger partial charge in [0.2, 0.25) is 0 Å². The summed E-state index contributed by atoms with van der Waals surface area (Å²) in [5, 5.41) is 19.6. The molecule has 1 saturated heterocycles. The van der Waals surface area contributed by atoms with E-state index in [1.54, 1.807) is 0 Å². The number of rotatable bonds is 4. The largest absolute Gasteiger partial charge is 0.469 e. The molecule has 4 atom stereocenters. The van der Waals surface area contributed by atoms with E-state index in [0.29, 0.717) is 0 Å². The third kappa shape index (κ3) is 3.66. The molecule has 11 nitrogen and oxygen atoms in total. The van der Waals surface area contributed by atoms with E-state index in [9.17, 15) is 24.4 Å². The lowest BCUT2D eigenvalue weighted by Crippen LogP contribution is -2.37. The van der Waals surface area contributed by atoms with Crippen LogP contribution in [-0.2, 0) is 13.8 Å². The minimum Gasteiger partial charge on any atom is -0.387 e. The first-order chi connectivity index (χ1) is 9.69. The van der Waals surface area contributed by atoms with Crippen LogP contribution in [0.15, 0.2) is 21.9 Å². The van der Waals surface area contributed by atoms with Crippen LogP contribution in [0.2, 0.25) is 0 Å². The van der Waals surface area contributed by atoms with Gasteiger partial charge in [-0.1, -0.05) is 0 Å². The Kier molecular flexibility index (Phi) is 4.44. The van der Waals surface area contributed by atoms with E-state index in [1.165, 1.54) is 0 Å². The predicted molar refractivity (Wildman–Crippen MR) is 65.2 cm³/mol. The Bertz CT molecular complexity index is 664. The van der Waals surface area contributed by atoms with Crippen molar-refractivity contribution in [2.24, 2.45) is 0 Å². The smallest absolute Gasteiger partial charge is 0.387 e. The molecule has 0 radical (unpaired) electrons. The summed E-state index contributed by atoms with van der Waals surface area (Å²) in [5.41, 5.74) is -1.51. The van der Waals surface area contributed by atoms with Gasteiger partial charge in [-0.2, -0.15) is 0 Å². The highest BCUT2D eigenvalue weighted by Gasteiger charge is 2.44. The van der Waals surface area contributed by atoms with Crippen molar-refractivity contribution >= 4 is 7.82 Å². The number of H-pyrrole nitrogens is 1. The van der Waals surface area contributed by atoms with E-state index >= 15 is 0 Å². The van der Waals surface area contributed by atoms with Crippen molar-refractivity contribution in [2.45, 2.75) is 24.5 Å². The van der Waals surface area contributed by atoms with Crippen molar-refractivity contribution in [3.63, 3.8) is 0 Å². The van der Waals surface area contributed by atoms with Gasteiger partial charge in [0, 0.05) is 12.3 Å². The van der Waals surface area contributed by atoms with Gasteiger partial charge in [0.05, 0.1) is 6.61 Å². The van der Waals surface area contributed by atoms with E-state index < -0.39 is 50.2 Å². The van der Waals surface area contributed by atoms with E-state index in [-0.39, 0.29) is 0 Å². The maximum Gasteiger partial charge on any atom is 0.469 e. The fourth-order valence-corrected chi connectivity index (χ4v) is 2.24. The number of hydrogen-bond acceptors (Lipinski definition) is 7. The molecule has 2 heterocycles. The highest BCUT2D eigenvalue weighted by atomic mass is 31.2. The summed E-state index contributed by atoms with van der Waals surface area (Å²) >= 11 is 0. The average Bonchev–Trinajstić information content (AvgIpc) is 2.64. The zero-order chi connectivity index (χ0) is 15.8. The molecule has 0 spiro atoms. The molecule has 1 aromatic rings. The molecule has 1 aromatic heterocycles. The minimum absolute atomic E-state index is 0.648. The Morgan fingerprint density at radius 1 is 1.33 bits per heavy atom. The number of nitrogens with zero attached hydrogens (tertiary/aromatic N) is 1. The van der Waals surface area contributed by atoms with Gasteiger partial charge in [-0.05, 0) is 0 Å². The van der Waals surface area contributed by atoms with Crippen LogP contribution in [0.25, 0.3) is 0 Å². The zero-order valence-electron chi connectivity index (χ0n) is 10.4. The lowest BCUT2D eigenvalue weighted by molar-refractivity contribution is -0.0543. The van der Waals surface area contributed by atoms with Gasteiger partial charge in [-0.25, -0.2) is 9.36 Å². The van der Waals surface area contributed by atoms with Crippen LogP contribution in [0.5, 0.6) is 0 Å². The Morgan fingerprint density at radius 2 is 2.00 bits per heavy atom. The number of aromatic nitrogens is 2. The molecule has 0 aliphatic carbocycles. The molecule has 0 bridgehead atoms. The van der Waals surface area contributed by atoms with Gasteiger partial charge in [0.15, 0.2) is 6.23 Å². The summed E-state index contributed by atoms with van der Waals surface area (Å²) in [4.78, 5) is 41.6. The van der Waals surface area contributed by atoms with Gasteiger partial charge in [0.25, 0.3) is 5.56 Å². The average molecular weight is 326 g/mol. The second kappa shape index (κ2) is 5.81. The van der Waals surface area contributed by atoms with E-state index in [4.69, 9.17) is 14.5 Å². The molecule has 1 aliphatic rings. The third-order valence-corrected chi connectivity index (χ3v) is 3.35. The Morgan fingerprint density at radius 3 is 2.57 bits per heavy atom. The maximum absolute atomic E-state index is 11.6. The molecule has 0 aromatic carbocycles. The molecule has 21 heavy (non-hydrogen) atoms. The highest BCUT2D eigenvalue weighted by molar-refractivity contribution is 7.46. The van der Waals surface area contributed by atoms with Crippen LogP contribution in [0.4, 0.5) is 0 Å². The van der Waals surface area contributed by atoms with E-state index in [1.807, 2.05) is 4.98 Å². The number of aliphatic hydroxyl groups excluding tert-OH is 2. The summed E-state index contributed by atoms with van der Waals surface area (Å²) in [5.74, 6) is 0.